The SMILES string of the molecule is Cc1[nH]c2c(C#N)cc(F)c(N[C@H]3CCN(C(=O)O)C3)c2c1C. The van der Waals surface area contributed by atoms with Crippen molar-refractivity contribution in [3.8, 4) is 6.07 Å². The van der Waals surface area contributed by atoms with Crippen LogP contribution in [0.1, 0.15) is 23.2 Å². The highest BCUT2D eigenvalue weighted by Crippen LogP contribution is 2.34. The molecule has 120 valence electrons. The van der Waals surface area contributed by atoms with Crippen LogP contribution < -0.4 is 5.32 Å². The highest BCUT2D eigenvalue weighted by atomic mass is 19.1. The number of hydrogen-bond donors (Lipinski definition) is 3. The third-order valence-electron chi connectivity index (χ3n) is 4.46. The maximum atomic E-state index is 14.5. The molecule has 1 atom stereocenters. The number of nitrogens with zero attached hydrogens (tertiary/aromatic N) is 2. The molecule has 0 unspecified atom stereocenters. The van der Waals surface area contributed by atoms with E-state index < -0.39 is 11.9 Å². The maximum absolute atomic E-state index is 14.5. The van der Waals surface area contributed by atoms with Gasteiger partial charge in [-0.15, -0.1) is 0 Å². The lowest BCUT2D eigenvalue weighted by Crippen LogP contribution is -2.30. The summed E-state index contributed by atoms with van der Waals surface area (Å²) < 4.78 is 14.5. The van der Waals surface area contributed by atoms with Crippen LogP contribution in [0.15, 0.2) is 6.07 Å². The molecule has 1 amide bonds. The molecule has 1 fully saturated rings. The van der Waals surface area contributed by atoms with Gasteiger partial charge in [-0.25, -0.2) is 9.18 Å². The van der Waals surface area contributed by atoms with Gasteiger partial charge >= 0.3 is 6.09 Å². The van der Waals surface area contributed by atoms with Gasteiger partial charge in [-0.2, -0.15) is 5.26 Å². The van der Waals surface area contributed by atoms with E-state index in [0.717, 1.165) is 11.3 Å². The van der Waals surface area contributed by atoms with Gasteiger partial charge in [-0.05, 0) is 31.9 Å². The summed E-state index contributed by atoms with van der Waals surface area (Å²) in [4.78, 5) is 15.4. The van der Waals surface area contributed by atoms with Gasteiger partial charge in [0.1, 0.15) is 11.9 Å². The molecule has 7 heteroatoms. The number of aromatic nitrogens is 1. The number of halogens is 1. The first kappa shape index (κ1) is 15.2. The van der Waals surface area contributed by atoms with Gasteiger partial charge in [0, 0.05) is 30.2 Å². The molecule has 1 aromatic heterocycles. The molecule has 0 aliphatic carbocycles. The molecule has 0 spiro atoms. The lowest BCUT2D eigenvalue weighted by atomic mass is 10.1. The molecule has 23 heavy (non-hydrogen) atoms. The number of anilines is 1. The van der Waals surface area contributed by atoms with Crippen LogP contribution in [-0.2, 0) is 0 Å². The molecule has 1 aromatic carbocycles. The van der Waals surface area contributed by atoms with Crippen LogP contribution in [0.4, 0.5) is 14.9 Å². The van der Waals surface area contributed by atoms with Crippen LogP contribution in [-0.4, -0.2) is 40.2 Å². The second kappa shape index (κ2) is 5.47. The van der Waals surface area contributed by atoms with Crippen molar-refractivity contribution >= 4 is 22.7 Å². The Bertz CT molecular complexity index is 837. The average Bonchev–Trinajstić information content (AvgIpc) is 3.08. The summed E-state index contributed by atoms with van der Waals surface area (Å²) in [6.45, 7) is 4.50. The molecule has 6 nitrogen and oxygen atoms in total. The van der Waals surface area contributed by atoms with Crippen LogP contribution in [0.3, 0.4) is 0 Å². The molecule has 0 saturated carbocycles. The van der Waals surface area contributed by atoms with E-state index in [2.05, 4.69) is 10.3 Å². The zero-order valence-electron chi connectivity index (χ0n) is 12.9. The number of carboxylic acid groups (broad SMARTS) is 1. The standard InChI is InChI=1S/C16H17FN4O2/c1-8-9(2)19-14-10(6-18)5-12(17)15(13(8)14)20-11-3-4-21(7-11)16(22)23/h5,11,19-20H,3-4,7H2,1-2H3,(H,22,23)/t11-/m0/s1. The summed E-state index contributed by atoms with van der Waals surface area (Å²) in [5.41, 5.74) is 2.96. The summed E-state index contributed by atoms with van der Waals surface area (Å²) in [6, 6.07) is 3.07. The quantitative estimate of drug-likeness (QED) is 0.794. The summed E-state index contributed by atoms with van der Waals surface area (Å²) in [6.07, 6.45) is -0.344. The zero-order valence-corrected chi connectivity index (χ0v) is 12.9. The molecular formula is C16H17FN4O2. The Hall–Kier alpha value is -2.75. The molecule has 1 saturated heterocycles. The minimum Gasteiger partial charge on any atom is -0.465 e. The Balaban J connectivity index is 2.03. The van der Waals surface area contributed by atoms with E-state index in [9.17, 15) is 14.4 Å². The van der Waals surface area contributed by atoms with Crippen molar-refractivity contribution in [2.75, 3.05) is 18.4 Å². The number of benzene rings is 1. The summed E-state index contributed by atoms with van der Waals surface area (Å²) in [7, 11) is 0. The van der Waals surface area contributed by atoms with Crippen LogP contribution in [0, 0.1) is 31.0 Å². The Labute approximate surface area is 132 Å². The molecule has 1 aliphatic heterocycles. The molecule has 3 N–H and O–H groups in total. The minimum absolute atomic E-state index is 0.147. The molecule has 0 radical (unpaired) electrons. The number of rotatable bonds is 2. The Morgan fingerprint density at radius 1 is 1.57 bits per heavy atom. The van der Waals surface area contributed by atoms with Crippen LogP contribution in [0.2, 0.25) is 0 Å². The van der Waals surface area contributed by atoms with Crippen molar-refractivity contribution in [2.24, 2.45) is 0 Å². The number of fused-ring (bicyclic) bond motifs is 1. The molecule has 1 aliphatic rings. The highest BCUT2D eigenvalue weighted by molar-refractivity contribution is 5.99. The topological polar surface area (TPSA) is 92.2 Å². The smallest absolute Gasteiger partial charge is 0.407 e. The second-order valence-corrected chi connectivity index (χ2v) is 5.88. The first-order chi connectivity index (χ1) is 10.9. The summed E-state index contributed by atoms with van der Waals surface area (Å²) >= 11 is 0. The van der Waals surface area contributed by atoms with Crippen LogP contribution in [0.5, 0.6) is 0 Å². The number of H-pyrrole nitrogens is 1. The van der Waals surface area contributed by atoms with Crippen molar-refractivity contribution in [3.05, 3.63) is 28.7 Å². The minimum atomic E-state index is -0.964. The van der Waals surface area contributed by atoms with E-state index in [4.69, 9.17) is 5.11 Å². The monoisotopic (exact) mass is 316 g/mol. The second-order valence-electron chi connectivity index (χ2n) is 5.88. The van der Waals surface area contributed by atoms with E-state index in [1.165, 1.54) is 11.0 Å². The number of aromatic amines is 1. The number of likely N-dealkylation sites (tertiary alicyclic amines) is 1. The Kier molecular flexibility index (Phi) is 3.60. The third-order valence-corrected chi connectivity index (χ3v) is 4.46. The number of aryl methyl sites for hydroxylation is 2. The van der Waals surface area contributed by atoms with Crippen molar-refractivity contribution in [2.45, 2.75) is 26.3 Å². The van der Waals surface area contributed by atoms with Gasteiger partial charge in [0.15, 0.2) is 0 Å². The Morgan fingerprint density at radius 2 is 2.30 bits per heavy atom. The third kappa shape index (κ3) is 2.46. The van der Waals surface area contributed by atoms with E-state index in [-0.39, 0.29) is 11.6 Å². The van der Waals surface area contributed by atoms with Gasteiger partial charge in [0.25, 0.3) is 0 Å². The number of nitriles is 1. The number of amides is 1. The van der Waals surface area contributed by atoms with E-state index >= 15 is 0 Å². The van der Waals surface area contributed by atoms with E-state index in [0.29, 0.717) is 36.1 Å². The zero-order chi connectivity index (χ0) is 16.7. The Morgan fingerprint density at radius 3 is 2.91 bits per heavy atom. The fraction of sp³-hybridized carbons (Fsp3) is 0.375. The van der Waals surface area contributed by atoms with Crippen LogP contribution >= 0.6 is 0 Å². The van der Waals surface area contributed by atoms with Crippen molar-refractivity contribution in [3.63, 3.8) is 0 Å². The fourth-order valence-electron chi connectivity index (χ4n) is 3.11. The van der Waals surface area contributed by atoms with E-state index in [1.807, 2.05) is 19.9 Å². The van der Waals surface area contributed by atoms with Gasteiger partial charge in [-0.3, -0.25) is 0 Å². The van der Waals surface area contributed by atoms with Crippen LogP contribution in [0.25, 0.3) is 10.9 Å². The van der Waals surface area contributed by atoms with Crippen molar-refractivity contribution in [1.29, 1.82) is 5.26 Å². The normalized spacial score (nSPS) is 17.5. The number of carbonyl (C=O) groups is 1. The molecule has 0 bridgehead atoms. The van der Waals surface area contributed by atoms with E-state index in [1.54, 1.807) is 0 Å². The van der Waals surface area contributed by atoms with Gasteiger partial charge in [-0.1, -0.05) is 0 Å². The molecule has 2 aromatic rings. The van der Waals surface area contributed by atoms with Gasteiger partial charge < -0.3 is 20.3 Å². The number of nitrogens with one attached hydrogen (secondary N) is 2. The van der Waals surface area contributed by atoms with Crippen molar-refractivity contribution < 1.29 is 14.3 Å². The van der Waals surface area contributed by atoms with Gasteiger partial charge in [0.05, 0.1) is 16.8 Å². The highest BCUT2D eigenvalue weighted by Gasteiger charge is 2.27. The molecule has 3 rings (SSSR count). The summed E-state index contributed by atoms with van der Waals surface area (Å²) in [5, 5.41) is 22.0. The lowest BCUT2D eigenvalue weighted by molar-refractivity contribution is 0.155. The summed E-state index contributed by atoms with van der Waals surface area (Å²) in [5.74, 6) is -0.495. The largest absolute Gasteiger partial charge is 0.465 e. The fourth-order valence-corrected chi connectivity index (χ4v) is 3.11. The van der Waals surface area contributed by atoms with Crippen molar-refractivity contribution in [1.82, 2.24) is 9.88 Å². The molecular weight excluding hydrogens is 299 g/mol. The molecule has 2 heterocycles. The maximum Gasteiger partial charge on any atom is 0.407 e. The lowest BCUT2D eigenvalue weighted by Gasteiger charge is -2.17. The first-order valence-electron chi connectivity index (χ1n) is 7.38. The first-order valence-corrected chi connectivity index (χ1v) is 7.38. The van der Waals surface area contributed by atoms with Gasteiger partial charge in [0.2, 0.25) is 0 Å². The number of hydrogen-bond acceptors (Lipinski definition) is 3. The average molecular weight is 316 g/mol. The predicted molar refractivity (Wildman–Crippen MR) is 84.1 cm³/mol. The predicted octanol–water partition coefficient (Wildman–Crippen LogP) is 2.96.